The number of guanidine groups is 1. The van der Waals surface area contributed by atoms with E-state index in [4.69, 9.17) is 10.5 Å². The molecule has 1 aromatic carbocycles. The van der Waals surface area contributed by atoms with E-state index in [1.54, 1.807) is 0 Å². The summed E-state index contributed by atoms with van der Waals surface area (Å²) >= 11 is 0. The highest BCUT2D eigenvalue weighted by molar-refractivity contribution is 14.0. The highest BCUT2D eigenvalue weighted by Gasteiger charge is 2.03. The number of rotatable bonds is 9. The predicted octanol–water partition coefficient (Wildman–Crippen LogP) is 3.48. The molecule has 0 radical (unpaired) electrons. The van der Waals surface area contributed by atoms with E-state index in [0.717, 1.165) is 25.8 Å². The van der Waals surface area contributed by atoms with Crippen LogP contribution >= 0.6 is 24.0 Å². The zero-order valence-electron chi connectivity index (χ0n) is 13.0. The summed E-state index contributed by atoms with van der Waals surface area (Å²) in [6, 6.07) is 10.2. The van der Waals surface area contributed by atoms with Crippen LogP contribution in [0.5, 0.6) is 0 Å². The van der Waals surface area contributed by atoms with E-state index >= 15 is 0 Å². The second kappa shape index (κ2) is 12.9. The van der Waals surface area contributed by atoms with Gasteiger partial charge in [-0.15, -0.1) is 24.0 Å². The van der Waals surface area contributed by atoms with Crippen LogP contribution in [0.1, 0.15) is 44.8 Å². The maximum atomic E-state index is 5.78. The molecule has 0 saturated carbocycles. The maximum absolute atomic E-state index is 5.78. The molecule has 5 heteroatoms. The Hall–Kier alpha value is -0.820. The molecule has 0 aliphatic heterocycles. The molecule has 0 aromatic heterocycles. The highest BCUT2D eigenvalue weighted by Crippen LogP contribution is 2.15. The molecule has 3 N–H and O–H groups in total. The van der Waals surface area contributed by atoms with Crippen molar-refractivity contribution in [1.29, 1.82) is 0 Å². The molecule has 1 unspecified atom stereocenters. The molecule has 4 nitrogen and oxygen atoms in total. The van der Waals surface area contributed by atoms with Gasteiger partial charge in [-0.1, -0.05) is 43.7 Å². The van der Waals surface area contributed by atoms with Crippen LogP contribution < -0.4 is 11.1 Å². The number of nitrogens with one attached hydrogen (secondary N) is 1. The highest BCUT2D eigenvalue weighted by atomic mass is 127. The fourth-order valence-corrected chi connectivity index (χ4v) is 1.79. The Balaban J connectivity index is 0.00000400. The standard InChI is InChI=1S/C16H27N3O.HI/c1-3-4-11-18-16(17)19-12-8-13-20-14(2)15-9-6-5-7-10-15;/h5-7,9-10,14H,3-4,8,11-13H2,1-2H3,(H3,17,18,19);1H. The van der Waals surface area contributed by atoms with E-state index in [9.17, 15) is 0 Å². The van der Waals surface area contributed by atoms with Crippen molar-refractivity contribution in [3.63, 3.8) is 0 Å². The zero-order chi connectivity index (χ0) is 14.6. The van der Waals surface area contributed by atoms with Crippen molar-refractivity contribution in [2.24, 2.45) is 10.7 Å². The predicted molar refractivity (Wildman–Crippen MR) is 100 cm³/mol. The summed E-state index contributed by atoms with van der Waals surface area (Å²) in [6.07, 6.45) is 3.28. The molecule has 0 bridgehead atoms. The number of nitrogens with zero attached hydrogens (tertiary/aromatic N) is 1. The first kappa shape index (κ1) is 20.2. The molecule has 0 spiro atoms. The first-order valence-corrected chi connectivity index (χ1v) is 7.44. The smallest absolute Gasteiger partial charge is 0.188 e. The van der Waals surface area contributed by atoms with E-state index in [1.807, 2.05) is 18.2 Å². The third-order valence-corrected chi connectivity index (χ3v) is 3.06. The van der Waals surface area contributed by atoms with Crippen molar-refractivity contribution >= 4 is 29.9 Å². The molecule has 1 rings (SSSR count). The quantitative estimate of drug-likeness (QED) is 0.286. The molecule has 0 fully saturated rings. The van der Waals surface area contributed by atoms with Gasteiger partial charge in [0, 0.05) is 19.7 Å². The summed E-state index contributed by atoms with van der Waals surface area (Å²) in [5.41, 5.74) is 6.95. The van der Waals surface area contributed by atoms with Crippen molar-refractivity contribution in [2.75, 3.05) is 19.7 Å². The van der Waals surface area contributed by atoms with Crippen LogP contribution in [-0.2, 0) is 4.74 Å². The summed E-state index contributed by atoms with van der Waals surface area (Å²) in [7, 11) is 0. The molecule has 0 aliphatic carbocycles. The number of benzene rings is 1. The molecule has 0 aliphatic rings. The van der Waals surface area contributed by atoms with Gasteiger partial charge in [0.2, 0.25) is 0 Å². The summed E-state index contributed by atoms with van der Waals surface area (Å²) in [5.74, 6) is 0.537. The second-order valence-corrected chi connectivity index (χ2v) is 4.82. The van der Waals surface area contributed by atoms with Gasteiger partial charge in [0.25, 0.3) is 0 Å². The van der Waals surface area contributed by atoms with Gasteiger partial charge in [-0.2, -0.15) is 0 Å². The molecular formula is C16H28IN3O. The fraction of sp³-hybridized carbons (Fsp3) is 0.562. The van der Waals surface area contributed by atoms with Crippen molar-refractivity contribution in [3.8, 4) is 0 Å². The molecule has 1 atom stereocenters. The first-order chi connectivity index (χ1) is 9.74. The monoisotopic (exact) mass is 405 g/mol. The summed E-state index contributed by atoms with van der Waals surface area (Å²) in [4.78, 5) is 4.27. The van der Waals surface area contributed by atoms with Gasteiger partial charge in [0.15, 0.2) is 5.96 Å². The van der Waals surface area contributed by atoms with Crippen molar-refractivity contribution in [2.45, 2.75) is 39.2 Å². The number of hydrogen-bond donors (Lipinski definition) is 2. The zero-order valence-corrected chi connectivity index (χ0v) is 15.4. The van der Waals surface area contributed by atoms with Crippen LogP contribution in [0.3, 0.4) is 0 Å². The van der Waals surface area contributed by atoms with Gasteiger partial charge in [-0.05, 0) is 25.3 Å². The van der Waals surface area contributed by atoms with Gasteiger partial charge < -0.3 is 15.8 Å². The fourth-order valence-electron chi connectivity index (χ4n) is 1.79. The maximum Gasteiger partial charge on any atom is 0.188 e. The summed E-state index contributed by atoms with van der Waals surface area (Å²) in [5, 5.41) is 3.10. The van der Waals surface area contributed by atoms with Crippen molar-refractivity contribution in [1.82, 2.24) is 5.32 Å². The van der Waals surface area contributed by atoms with E-state index in [-0.39, 0.29) is 30.1 Å². The lowest BCUT2D eigenvalue weighted by Crippen LogP contribution is -2.32. The topological polar surface area (TPSA) is 59.6 Å². The molecule has 120 valence electrons. The minimum Gasteiger partial charge on any atom is -0.374 e. The molecular weight excluding hydrogens is 377 g/mol. The van der Waals surface area contributed by atoms with Gasteiger partial charge in [-0.3, -0.25) is 4.99 Å². The first-order valence-electron chi connectivity index (χ1n) is 7.44. The third kappa shape index (κ3) is 9.68. The molecule has 21 heavy (non-hydrogen) atoms. The normalized spacial score (nSPS) is 12.6. The Morgan fingerprint density at radius 1 is 1.29 bits per heavy atom. The number of aliphatic imine (C=N–C) groups is 1. The Kier molecular flexibility index (Phi) is 12.4. The molecule has 1 aromatic rings. The van der Waals surface area contributed by atoms with E-state index in [2.05, 4.69) is 36.3 Å². The SMILES string of the molecule is CCCCNC(N)=NCCCOC(C)c1ccccc1.I. The van der Waals surface area contributed by atoms with E-state index < -0.39 is 0 Å². The Labute approximate surface area is 145 Å². The van der Waals surface area contributed by atoms with Crippen LogP contribution in [-0.4, -0.2) is 25.7 Å². The third-order valence-electron chi connectivity index (χ3n) is 3.06. The van der Waals surface area contributed by atoms with E-state index in [0.29, 0.717) is 19.1 Å². The number of unbranched alkanes of at least 4 members (excludes halogenated alkanes) is 1. The number of hydrogen-bond acceptors (Lipinski definition) is 2. The number of ether oxygens (including phenoxy) is 1. The van der Waals surface area contributed by atoms with Gasteiger partial charge in [-0.25, -0.2) is 0 Å². The average molecular weight is 405 g/mol. The number of halogens is 1. The lowest BCUT2D eigenvalue weighted by atomic mass is 10.1. The average Bonchev–Trinajstić information content (AvgIpc) is 2.48. The van der Waals surface area contributed by atoms with Gasteiger partial charge in [0.1, 0.15) is 0 Å². The molecule has 0 heterocycles. The van der Waals surface area contributed by atoms with Gasteiger partial charge >= 0.3 is 0 Å². The summed E-state index contributed by atoms with van der Waals surface area (Å²) in [6.45, 7) is 6.52. The van der Waals surface area contributed by atoms with Gasteiger partial charge in [0.05, 0.1) is 6.10 Å². The van der Waals surface area contributed by atoms with Crippen molar-refractivity contribution < 1.29 is 4.74 Å². The van der Waals surface area contributed by atoms with Crippen molar-refractivity contribution in [3.05, 3.63) is 35.9 Å². The summed E-state index contributed by atoms with van der Waals surface area (Å²) < 4.78 is 5.78. The Bertz CT molecular complexity index is 384. The number of nitrogens with two attached hydrogens (primary N) is 1. The molecule has 0 amide bonds. The lowest BCUT2D eigenvalue weighted by Gasteiger charge is -2.12. The largest absolute Gasteiger partial charge is 0.374 e. The van der Waals surface area contributed by atoms with Crippen LogP contribution in [0, 0.1) is 0 Å². The minimum absolute atomic E-state index is 0. The van der Waals surface area contributed by atoms with E-state index in [1.165, 1.54) is 5.56 Å². The van der Waals surface area contributed by atoms with Crippen LogP contribution in [0.15, 0.2) is 35.3 Å². The molecule has 0 saturated heterocycles. The second-order valence-electron chi connectivity index (χ2n) is 4.82. The van der Waals surface area contributed by atoms with Crippen LogP contribution in [0.4, 0.5) is 0 Å². The Morgan fingerprint density at radius 2 is 2.00 bits per heavy atom. The minimum atomic E-state index is 0. The lowest BCUT2D eigenvalue weighted by molar-refractivity contribution is 0.0652. The van der Waals surface area contributed by atoms with Crippen LogP contribution in [0.2, 0.25) is 0 Å². The Morgan fingerprint density at radius 3 is 2.67 bits per heavy atom. The van der Waals surface area contributed by atoms with Crippen LogP contribution in [0.25, 0.3) is 0 Å².